The molecule has 2 nitrogen and oxygen atoms in total. The van der Waals surface area contributed by atoms with Crippen LogP contribution in [-0.2, 0) is 11.8 Å². The number of carbonyl (C=O) groups is 1. The van der Waals surface area contributed by atoms with E-state index in [1.807, 2.05) is 45.0 Å². The highest BCUT2D eigenvalue weighted by Crippen LogP contribution is 2.35. The van der Waals surface area contributed by atoms with Gasteiger partial charge >= 0.3 is 0 Å². The summed E-state index contributed by atoms with van der Waals surface area (Å²) in [4.78, 5) is 12.7. The second-order valence-corrected chi connectivity index (χ2v) is 6.34. The Kier molecular flexibility index (Phi) is 4.17. The number of benzene rings is 2. The zero-order valence-corrected chi connectivity index (χ0v) is 13.1. The maximum Gasteiger partial charge on any atom is 0.196 e. The molecule has 0 unspecified atom stereocenters. The Labute approximate surface area is 126 Å². The summed E-state index contributed by atoms with van der Waals surface area (Å²) in [6.07, 6.45) is 0.832. The molecule has 0 aliphatic rings. The van der Waals surface area contributed by atoms with Gasteiger partial charge in [0.05, 0.1) is 5.56 Å². The fourth-order valence-corrected chi connectivity index (χ4v) is 2.39. The van der Waals surface area contributed by atoms with Gasteiger partial charge in [-0.25, -0.2) is 0 Å². The average molecular weight is 282 g/mol. The first kappa shape index (κ1) is 15.3. The predicted molar refractivity (Wildman–Crippen MR) is 86.1 cm³/mol. The molecule has 0 aliphatic heterocycles. The molecular formula is C19H22O2. The van der Waals surface area contributed by atoms with Crippen LogP contribution in [0.2, 0.25) is 0 Å². The lowest BCUT2D eigenvalue weighted by atomic mass is 9.82. The number of phenolic OH excluding ortho intramolecular Hbond substituents is 1. The Morgan fingerprint density at radius 3 is 2.24 bits per heavy atom. The van der Waals surface area contributed by atoms with Gasteiger partial charge < -0.3 is 5.11 Å². The maximum atomic E-state index is 12.7. The van der Waals surface area contributed by atoms with Crippen LogP contribution < -0.4 is 0 Å². The molecule has 110 valence electrons. The van der Waals surface area contributed by atoms with Crippen LogP contribution in [0.1, 0.15) is 54.7 Å². The minimum absolute atomic E-state index is 0.105. The molecule has 0 saturated carbocycles. The lowest BCUT2D eigenvalue weighted by Crippen LogP contribution is -2.14. The van der Waals surface area contributed by atoms with Gasteiger partial charge in [-0.05, 0) is 23.5 Å². The lowest BCUT2D eigenvalue weighted by Gasteiger charge is -2.23. The van der Waals surface area contributed by atoms with Crippen molar-refractivity contribution >= 4 is 5.78 Å². The van der Waals surface area contributed by atoms with Gasteiger partial charge in [0.1, 0.15) is 5.75 Å². The number of aryl methyl sites for hydroxylation is 1. The van der Waals surface area contributed by atoms with Crippen molar-refractivity contribution in [3.8, 4) is 5.75 Å². The minimum Gasteiger partial charge on any atom is -0.507 e. The molecule has 0 amide bonds. The SMILES string of the molecule is CCc1cc(C(=O)c2ccccc2)c(O)c(C(C)(C)C)c1. The normalized spacial score (nSPS) is 11.4. The van der Waals surface area contributed by atoms with E-state index in [1.54, 1.807) is 18.2 Å². The number of phenols is 1. The van der Waals surface area contributed by atoms with Gasteiger partial charge in [-0.3, -0.25) is 4.79 Å². The Hall–Kier alpha value is -2.09. The van der Waals surface area contributed by atoms with Crippen LogP contribution in [0.5, 0.6) is 5.75 Å². The van der Waals surface area contributed by atoms with Crippen molar-refractivity contribution in [3.05, 3.63) is 64.7 Å². The van der Waals surface area contributed by atoms with Crippen LogP contribution in [0.15, 0.2) is 42.5 Å². The molecule has 0 heterocycles. The summed E-state index contributed by atoms with van der Waals surface area (Å²) in [5.41, 5.74) is 2.67. The molecule has 0 aromatic heterocycles. The number of carbonyl (C=O) groups excluding carboxylic acids is 1. The Morgan fingerprint density at radius 2 is 1.71 bits per heavy atom. The molecule has 21 heavy (non-hydrogen) atoms. The summed E-state index contributed by atoms with van der Waals surface area (Å²) in [6, 6.07) is 12.9. The first-order chi connectivity index (χ1) is 9.84. The highest BCUT2D eigenvalue weighted by molar-refractivity contribution is 6.11. The zero-order valence-electron chi connectivity index (χ0n) is 13.1. The number of hydrogen-bond acceptors (Lipinski definition) is 2. The van der Waals surface area contributed by atoms with E-state index in [1.165, 1.54) is 0 Å². The number of rotatable bonds is 3. The molecule has 0 atom stereocenters. The molecule has 0 spiro atoms. The van der Waals surface area contributed by atoms with E-state index in [2.05, 4.69) is 6.92 Å². The number of ketones is 1. The van der Waals surface area contributed by atoms with Crippen LogP contribution in [0, 0.1) is 0 Å². The highest BCUT2D eigenvalue weighted by atomic mass is 16.3. The third kappa shape index (κ3) is 3.15. The van der Waals surface area contributed by atoms with E-state index < -0.39 is 0 Å². The fourth-order valence-electron chi connectivity index (χ4n) is 2.39. The standard InChI is InChI=1S/C19H22O2/c1-5-13-11-15(17(20)14-9-7-6-8-10-14)18(21)16(12-13)19(2,3)4/h6-12,21H,5H2,1-4H3. The van der Waals surface area contributed by atoms with Crippen LogP contribution in [0.3, 0.4) is 0 Å². The predicted octanol–water partition coefficient (Wildman–Crippen LogP) is 4.48. The number of hydrogen-bond donors (Lipinski definition) is 1. The summed E-state index contributed by atoms with van der Waals surface area (Å²) in [7, 11) is 0. The molecule has 2 aromatic rings. The monoisotopic (exact) mass is 282 g/mol. The van der Waals surface area contributed by atoms with Gasteiger partial charge in [0.15, 0.2) is 5.78 Å². The first-order valence-corrected chi connectivity index (χ1v) is 7.30. The van der Waals surface area contributed by atoms with Gasteiger partial charge in [-0.15, -0.1) is 0 Å². The van der Waals surface area contributed by atoms with Crippen molar-refractivity contribution in [2.75, 3.05) is 0 Å². The fraction of sp³-hybridized carbons (Fsp3) is 0.316. The van der Waals surface area contributed by atoms with E-state index >= 15 is 0 Å². The van der Waals surface area contributed by atoms with Gasteiger partial charge in [0, 0.05) is 11.1 Å². The van der Waals surface area contributed by atoms with Crippen molar-refractivity contribution in [3.63, 3.8) is 0 Å². The van der Waals surface area contributed by atoms with E-state index in [0.29, 0.717) is 11.1 Å². The molecule has 0 bridgehead atoms. The molecule has 0 aliphatic carbocycles. The van der Waals surface area contributed by atoms with Gasteiger partial charge in [0.25, 0.3) is 0 Å². The summed E-state index contributed by atoms with van der Waals surface area (Å²) in [6.45, 7) is 8.17. The molecule has 0 fully saturated rings. The average Bonchev–Trinajstić information content (AvgIpc) is 2.46. The largest absolute Gasteiger partial charge is 0.507 e. The van der Waals surface area contributed by atoms with Crippen molar-refractivity contribution in [2.45, 2.75) is 39.5 Å². The zero-order chi connectivity index (χ0) is 15.6. The first-order valence-electron chi connectivity index (χ1n) is 7.30. The second kappa shape index (κ2) is 5.72. The van der Waals surface area contributed by atoms with Crippen molar-refractivity contribution in [1.82, 2.24) is 0 Å². The molecule has 1 N–H and O–H groups in total. The van der Waals surface area contributed by atoms with Crippen LogP contribution >= 0.6 is 0 Å². The van der Waals surface area contributed by atoms with Gasteiger partial charge in [-0.2, -0.15) is 0 Å². The third-order valence-electron chi connectivity index (χ3n) is 3.67. The van der Waals surface area contributed by atoms with Gasteiger partial charge in [0.2, 0.25) is 0 Å². The second-order valence-electron chi connectivity index (χ2n) is 6.34. The molecule has 2 aromatic carbocycles. The van der Waals surface area contributed by atoms with E-state index in [0.717, 1.165) is 17.5 Å². The van der Waals surface area contributed by atoms with Crippen LogP contribution in [0.4, 0.5) is 0 Å². The Morgan fingerprint density at radius 1 is 1.10 bits per heavy atom. The summed E-state index contributed by atoms with van der Waals surface area (Å²) in [5, 5.41) is 10.6. The molecule has 0 radical (unpaired) electrons. The molecule has 2 rings (SSSR count). The lowest BCUT2D eigenvalue weighted by molar-refractivity contribution is 0.103. The van der Waals surface area contributed by atoms with E-state index in [9.17, 15) is 9.90 Å². The summed E-state index contributed by atoms with van der Waals surface area (Å²) < 4.78 is 0. The molecular weight excluding hydrogens is 260 g/mol. The van der Waals surface area contributed by atoms with Gasteiger partial charge in [-0.1, -0.05) is 64.1 Å². The minimum atomic E-state index is -0.207. The number of aromatic hydroxyl groups is 1. The summed E-state index contributed by atoms with van der Waals surface area (Å²) in [5.74, 6) is -0.0255. The van der Waals surface area contributed by atoms with Crippen LogP contribution in [-0.4, -0.2) is 10.9 Å². The quantitative estimate of drug-likeness (QED) is 0.843. The van der Waals surface area contributed by atoms with Crippen molar-refractivity contribution in [1.29, 1.82) is 0 Å². The van der Waals surface area contributed by atoms with E-state index in [4.69, 9.17) is 0 Å². The van der Waals surface area contributed by atoms with E-state index in [-0.39, 0.29) is 16.9 Å². The topological polar surface area (TPSA) is 37.3 Å². The smallest absolute Gasteiger partial charge is 0.196 e. The third-order valence-corrected chi connectivity index (χ3v) is 3.67. The maximum absolute atomic E-state index is 12.7. The van der Waals surface area contributed by atoms with Crippen LogP contribution in [0.25, 0.3) is 0 Å². The Bertz CT molecular complexity index is 649. The molecule has 2 heteroatoms. The summed E-state index contributed by atoms with van der Waals surface area (Å²) >= 11 is 0. The van der Waals surface area contributed by atoms with Crippen molar-refractivity contribution < 1.29 is 9.90 Å². The highest BCUT2D eigenvalue weighted by Gasteiger charge is 2.24. The molecule has 0 saturated heterocycles. The van der Waals surface area contributed by atoms with Crippen molar-refractivity contribution in [2.24, 2.45) is 0 Å². The Balaban J connectivity index is 2.61.